The predicted octanol–water partition coefficient (Wildman–Crippen LogP) is 7.79. The Morgan fingerprint density at radius 1 is 0.947 bits per heavy atom. The van der Waals surface area contributed by atoms with Crippen LogP contribution in [0.25, 0.3) is 0 Å². The Labute approximate surface area is 237 Å². The standard InChI is InChI=1S/C31H26Cl3NO3/c1-18-28(31(37)38-14-13-19-5-3-2-4-6-19)29(24-12-11-23(33)17-25(24)34)30-26(35-18)15-21(16-27(30)36)20-7-9-22(32)10-8-20/h2-12,17,21,29,35H,13-16H2,1H3/t21-,29+/m1/s1. The third-order valence-corrected chi connectivity index (χ3v) is 7.94. The Balaban J connectivity index is 1.49. The molecule has 0 saturated heterocycles. The topological polar surface area (TPSA) is 55.4 Å². The van der Waals surface area contributed by atoms with Crippen molar-refractivity contribution in [1.29, 1.82) is 0 Å². The highest BCUT2D eigenvalue weighted by molar-refractivity contribution is 6.35. The van der Waals surface area contributed by atoms with Crippen molar-refractivity contribution in [1.82, 2.24) is 5.32 Å². The number of allylic oxidation sites excluding steroid dienone is 3. The average Bonchev–Trinajstić information content (AvgIpc) is 2.89. The molecule has 4 nitrogen and oxygen atoms in total. The van der Waals surface area contributed by atoms with Gasteiger partial charge in [0.25, 0.3) is 0 Å². The third-order valence-electron chi connectivity index (χ3n) is 7.13. The number of carbonyl (C=O) groups excluding carboxylic acids is 2. The van der Waals surface area contributed by atoms with Crippen LogP contribution in [0.5, 0.6) is 0 Å². The van der Waals surface area contributed by atoms with Gasteiger partial charge in [0.1, 0.15) is 0 Å². The van der Waals surface area contributed by atoms with Crippen molar-refractivity contribution < 1.29 is 14.3 Å². The fraction of sp³-hybridized carbons (Fsp3) is 0.226. The van der Waals surface area contributed by atoms with Crippen molar-refractivity contribution in [2.75, 3.05) is 6.61 Å². The number of nitrogens with one attached hydrogen (secondary N) is 1. The minimum atomic E-state index is -0.654. The second kappa shape index (κ2) is 11.4. The van der Waals surface area contributed by atoms with Gasteiger partial charge in [-0.2, -0.15) is 0 Å². The molecular formula is C31H26Cl3NO3. The number of ether oxygens (including phenoxy) is 1. The lowest BCUT2D eigenvalue weighted by Crippen LogP contribution is -2.36. The molecule has 1 aliphatic carbocycles. The molecular weight excluding hydrogens is 541 g/mol. The summed E-state index contributed by atoms with van der Waals surface area (Å²) in [6, 6.07) is 22.6. The van der Waals surface area contributed by atoms with Gasteiger partial charge in [-0.1, -0.05) is 83.3 Å². The molecule has 0 spiro atoms. The molecule has 0 bridgehead atoms. The highest BCUT2D eigenvalue weighted by atomic mass is 35.5. The van der Waals surface area contributed by atoms with Gasteiger partial charge in [0.2, 0.25) is 0 Å². The van der Waals surface area contributed by atoms with E-state index in [4.69, 9.17) is 39.5 Å². The molecule has 0 radical (unpaired) electrons. The number of carbonyl (C=O) groups is 2. The largest absolute Gasteiger partial charge is 0.462 e. The van der Waals surface area contributed by atoms with Crippen LogP contribution in [0.4, 0.5) is 0 Å². The SMILES string of the molecule is CC1=C(C(=O)OCCc2ccccc2)[C@H](c2ccc(Cl)cc2Cl)C2=C(C[C@@H](c3ccc(Cl)cc3)CC2=O)N1. The van der Waals surface area contributed by atoms with Crippen LogP contribution in [-0.4, -0.2) is 18.4 Å². The molecule has 1 aliphatic heterocycles. The van der Waals surface area contributed by atoms with E-state index in [1.807, 2.05) is 61.5 Å². The Morgan fingerprint density at radius 2 is 1.66 bits per heavy atom. The van der Waals surface area contributed by atoms with Crippen molar-refractivity contribution in [2.45, 2.75) is 38.0 Å². The molecule has 0 saturated carbocycles. The number of halogens is 3. The summed E-state index contributed by atoms with van der Waals surface area (Å²) in [5, 5.41) is 4.90. The molecule has 38 heavy (non-hydrogen) atoms. The number of hydrogen-bond acceptors (Lipinski definition) is 4. The van der Waals surface area contributed by atoms with Crippen molar-refractivity contribution in [2.24, 2.45) is 0 Å². The molecule has 1 heterocycles. The van der Waals surface area contributed by atoms with E-state index < -0.39 is 11.9 Å². The van der Waals surface area contributed by atoms with Crippen LogP contribution in [0, 0.1) is 0 Å². The summed E-state index contributed by atoms with van der Waals surface area (Å²) in [5.74, 6) is -1.16. The number of rotatable bonds is 6. The van der Waals surface area contributed by atoms with Gasteiger partial charge in [-0.15, -0.1) is 0 Å². The van der Waals surface area contributed by atoms with E-state index in [1.54, 1.807) is 18.2 Å². The second-order valence-electron chi connectivity index (χ2n) is 9.61. The number of Topliss-reactive ketones (excluding diaryl/α,β-unsaturated/α-hetero) is 1. The van der Waals surface area contributed by atoms with E-state index >= 15 is 0 Å². The van der Waals surface area contributed by atoms with Crippen LogP contribution in [0.3, 0.4) is 0 Å². The molecule has 3 aromatic carbocycles. The molecule has 1 N–H and O–H groups in total. The smallest absolute Gasteiger partial charge is 0.336 e. The van der Waals surface area contributed by atoms with Gasteiger partial charge in [0.15, 0.2) is 5.78 Å². The minimum Gasteiger partial charge on any atom is -0.462 e. The van der Waals surface area contributed by atoms with E-state index in [1.165, 1.54) is 0 Å². The first-order chi connectivity index (χ1) is 18.3. The van der Waals surface area contributed by atoms with Gasteiger partial charge in [-0.05, 0) is 60.2 Å². The third kappa shape index (κ3) is 5.54. The lowest BCUT2D eigenvalue weighted by Gasteiger charge is -2.37. The molecule has 5 rings (SSSR count). The van der Waals surface area contributed by atoms with Crippen LogP contribution >= 0.6 is 34.8 Å². The summed E-state index contributed by atoms with van der Waals surface area (Å²) in [5.41, 5.74) is 5.16. The quantitative estimate of drug-likeness (QED) is 0.309. The number of esters is 1. The zero-order chi connectivity index (χ0) is 26.8. The molecule has 3 aromatic rings. The van der Waals surface area contributed by atoms with Gasteiger partial charge in [0.05, 0.1) is 12.2 Å². The van der Waals surface area contributed by atoms with Crippen LogP contribution in [0.15, 0.2) is 95.3 Å². The molecule has 7 heteroatoms. The molecule has 0 aromatic heterocycles. The average molecular weight is 567 g/mol. The maximum absolute atomic E-state index is 13.7. The number of hydrogen-bond donors (Lipinski definition) is 1. The summed E-state index contributed by atoms with van der Waals surface area (Å²) < 4.78 is 5.74. The first-order valence-corrected chi connectivity index (χ1v) is 13.6. The number of benzene rings is 3. The maximum Gasteiger partial charge on any atom is 0.336 e. The summed E-state index contributed by atoms with van der Waals surface area (Å²) in [6.07, 6.45) is 1.53. The van der Waals surface area contributed by atoms with Gasteiger partial charge < -0.3 is 10.1 Å². The summed E-state index contributed by atoms with van der Waals surface area (Å²) >= 11 is 18.9. The summed E-state index contributed by atoms with van der Waals surface area (Å²) in [6.45, 7) is 2.06. The Morgan fingerprint density at radius 3 is 2.37 bits per heavy atom. The van der Waals surface area contributed by atoms with Crippen molar-refractivity contribution in [3.63, 3.8) is 0 Å². The second-order valence-corrected chi connectivity index (χ2v) is 10.9. The van der Waals surface area contributed by atoms with E-state index in [0.29, 0.717) is 56.7 Å². The zero-order valence-corrected chi connectivity index (χ0v) is 23.0. The van der Waals surface area contributed by atoms with Crippen molar-refractivity contribution >= 4 is 46.6 Å². The first-order valence-electron chi connectivity index (χ1n) is 12.5. The lowest BCUT2D eigenvalue weighted by molar-refractivity contribution is -0.139. The Hall–Kier alpha value is -3.05. The molecule has 0 amide bonds. The lowest BCUT2D eigenvalue weighted by atomic mass is 9.71. The van der Waals surface area contributed by atoms with Gasteiger partial charge in [0, 0.05) is 50.8 Å². The van der Waals surface area contributed by atoms with E-state index in [-0.39, 0.29) is 18.3 Å². The molecule has 2 aliphatic rings. The van der Waals surface area contributed by atoms with E-state index in [9.17, 15) is 9.59 Å². The van der Waals surface area contributed by atoms with Gasteiger partial charge >= 0.3 is 5.97 Å². The van der Waals surface area contributed by atoms with E-state index in [0.717, 1.165) is 16.8 Å². The fourth-order valence-corrected chi connectivity index (χ4v) is 5.95. The normalized spacial score (nSPS) is 19.2. The Kier molecular flexibility index (Phi) is 7.94. The highest BCUT2D eigenvalue weighted by Crippen LogP contribution is 2.47. The van der Waals surface area contributed by atoms with Crippen LogP contribution < -0.4 is 5.32 Å². The van der Waals surface area contributed by atoms with Gasteiger partial charge in [-0.25, -0.2) is 4.79 Å². The molecule has 194 valence electrons. The fourth-order valence-electron chi connectivity index (χ4n) is 5.31. The number of dihydropyridines is 1. The predicted molar refractivity (Wildman–Crippen MR) is 152 cm³/mol. The summed E-state index contributed by atoms with van der Waals surface area (Å²) in [4.78, 5) is 27.3. The van der Waals surface area contributed by atoms with Gasteiger partial charge in [-0.3, -0.25) is 4.79 Å². The summed E-state index contributed by atoms with van der Waals surface area (Å²) in [7, 11) is 0. The van der Waals surface area contributed by atoms with Crippen molar-refractivity contribution in [3.8, 4) is 0 Å². The first kappa shape index (κ1) is 26.6. The molecule has 0 unspecified atom stereocenters. The van der Waals surface area contributed by atoms with Crippen LogP contribution in [-0.2, 0) is 20.7 Å². The number of ketones is 1. The molecule has 0 fully saturated rings. The van der Waals surface area contributed by atoms with Crippen LogP contribution in [0.2, 0.25) is 15.1 Å². The highest BCUT2D eigenvalue weighted by Gasteiger charge is 2.42. The molecule has 2 atom stereocenters. The minimum absolute atomic E-state index is 0.000435. The Bertz CT molecular complexity index is 1440. The monoisotopic (exact) mass is 565 g/mol. The van der Waals surface area contributed by atoms with E-state index in [2.05, 4.69) is 5.32 Å². The van der Waals surface area contributed by atoms with Crippen molar-refractivity contribution in [3.05, 3.63) is 127 Å². The maximum atomic E-state index is 13.7. The zero-order valence-electron chi connectivity index (χ0n) is 20.8. The van der Waals surface area contributed by atoms with Crippen LogP contribution in [0.1, 0.15) is 48.3 Å².